The Labute approximate surface area is 115 Å². The van der Waals surface area contributed by atoms with Gasteiger partial charge in [0, 0.05) is 25.4 Å². The van der Waals surface area contributed by atoms with E-state index in [9.17, 15) is 8.42 Å². The molecule has 0 aromatic heterocycles. The number of nitrogens with zero attached hydrogens (tertiary/aromatic N) is 1. The topological polar surface area (TPSA) is 70.6 Å². The van der Waals surface area contributed by atoms with Crippen LogP contribution in [0.15, 0.2) is 4.99 Å². The van der Waals surface area contributed by atoms with E-state index in [4.69, 9.17) is 0 Å². The van der Waals surface area contributed by atoms with E-state index >= 15 is 0 Å². The summed E-state index contributed by atoms with van der Waals surface area (Å²) >= 11 is 0. The SMILES string of the molecule is CCS(=O)(=O)CCNC(=NC)NC(C)C.I. The van der Waals surface area contributed by atoms with Gasteiger partial charge in [0.2, 0.25) is 0 Å². The van der Waals surface area contributed by atoms with Crippen LogP contribution in [0.2, 0.25) is 0 Å². The molecule has 0 rings (SSSR count). The first-order valence-electron chi connectivity index (χ1n) is 5.09. The third kappa shape index (κ3) is 9.20. The molecule has 0 saturated heterocycles. The average molecular weight is 363 g/mol. The molecule has 0 aliphatic carbocycles. The van der Waals surface area contributed by atoms with Crippen LogP contribution in [0, 0.1) is 0 Å². The lowest BCUT2D eigenvalue weighted by molar-refractivity contribution is 0.595. The predicted octanol–water partition coefficient (Wildman–Crippen LogP) is 0.613. The number of sulfone groups is 1. The third-order valence-corrected chi connectivity index (χ3v) is 3.50. The lowest BCUT2D eigenvalue weighted by Gasteiger charge is -2.14. The molecule has 0 amide bonds. The Kier molecular flexibility index (Phi) is 10.3. The van der Waals surface area contributed by atoms with Crippen LogP contribution in [0.1, 0.15) is 20.8 Å². The van der Waals surface area contributed by atoms with Gasteiger partial charge in [-0.1, -0.05) is 6.92 Å². The van der Waals surface area contributed by atoms with Crippen molar-refractivity contribution in [2.75, 3.05) is 25.1 Å². The highest BCUT2D eigenvalue weighted by Gasteiger charge is 2.07. The van der Waals surface area contributed by atoms with Gasteiger partial charge in [0.25, 0.3) is 0 Å². The minimum absolute atomic E-state index is 0. The predicted molar refractivity (Wildman–Crippen MR) is 79.4 cm³/mol. The Bertz CT molecular complexity index is 302. The number of halogens is 1. The number of aliphatic imine (C=N–C) groups is 1. The van der Waals surface area contributed by atoms with Gasteiger partial charge in [0.15, 0.2) is 15.8 Å². The molecular weight excluding hydrogens is 341 g/mol. The average Bonchev–Trinajstić information content (AvgIpc) is 2.15. The molecule has 0 bridgehead atoms. The van der Waals surface area contributed by atoms with Crippen molar-refractivity contribution in [3.05, 3.63) is 0 Å². The molecule has 0 radical (unpaired) electrons. The van der Waals surface area contributed by atoms with Crippen LogP contribution < -0.4 is 10.6 Å². The molecule has 0 spiro atoms. The summed E-state index contributed by atoms with van der Waals surface area (Å²) in [5, 5.41) is 6.03. The highest BCUT2D eigenvalue weighted by atomic mass is 127. The molecular formula is C9H22IN3O2S. The molecule has 2 N–H and O–H groups in total. The van der Waals surface area contributed by atoms with Crippen molar-refractivity contribution in [2.45, 2.75) is 26.8 Å². The number of nitrogens with one attached hydrogen (secondary N) is 2. The lowest BCUT2D eigenvalue weighted by atomic mass is 10.4. The second-order valence-corrected chi connectivity index (χ2v) is 6.01. The van der Waals surface area contributed by atoms with Crippen LogP contribution in [0.3, 0.4) is 0 Å². The number of hydrogen-bond donors (Lipinski definition) is 2. The fraction of sp³-hybridized carbons (Fsp3) is 0.889. The summed E-state index contributed by atoms with van der Waals surface area (Å²) in [6.07, 6.45) is 0. The summed E-state index contributed by atoms with van der Waals surface area (Å²) in [4.78, 5) is 3.97. The Balaban J connectivity index is 0. The maximum absolute atomic E-state index is 11.2. The van der Waals surface area contributed by atoms with Gasteiger partial charge >= 0.3 is 0 Å². The maximum atomic E-state index is 11.2. The van der Waals surface area contributed by atoms with Gasteiger partial charge in [-0.2, -0.15) is 0 Å². The van der Waals surface area contributed by atoms with Crippen molar-refractivity contribution in [1.82, 2.24) is 10.6 Å². The van der Waals surface area contributed by atoms with Gasteiger partial charge in [-0.3, -0.25) is 4.99 Å². The largest absolute Gasteiger partial charge is 0.355 e. The molecule has 0 atom stereocenters. The van der Waals surface area contributed by atoms with Crippen molar-refractivity contribution in [2.24, 2.45) is 4.99 Å². The molecule has 0 aliphatic rings. The van der Waals surface area contributed by atoms with Crippen LogP contribution in [-0.4, -0.2) is 45.5 Å². The van der Waals surface area contributed by atoms with Crippen LogP contribution in [0.5, 0.6) is 0 Å². The maximum Gasteiger partial charge on any atom is 0.191 e. The van der Waals surface area contributed by atoms with Crippen LogP contribution in [-0.2, 0) is 9.84 Å². The molecule has 0 saturated carbocycles. The first-order valence-corrected chi connectivity index (χ1v) is 6.91. The number of guanidine groups is 1. The monoisotopic (exact) mass is 363 g/mol. The van der Waals surface area contributed by atoms with Crippen molar-refractivity contribution in [3.8, 4) is 0 Å². The van der Waals surface area contributed by atoms with Gasteiger partial charge in [-0.15, -0.1) is 24.0 Å². The van der Waals surface area contributed by atoms with Crippen LogP contribution >= 0.6 is 24.0 Å². The quantitative estimate of drug-likeness (QED) is 0.427. The van der Waals surface area contributed by atoms with E-state index in [1.807, 2.05) is 13.8 Å². The highest BCUT2D eigenvalue weighted by Crippen LogP contribution is 1.87. The van der Waals surface area contributed by atoms with E-state index in [1.165, 1.54) is 0 Å². The van der Waals surface area contributed by atoms with E-state index in [-0.39, 0.29) is 41.5 Å². The molecule has 0 unspecified atom stereocenters. The van der Waals surface area contributed by atoms with E-state index in [0.29, 0.717) is 12.5 Å². The first-order chi connectivity index (χ1) is 6.91. The summed E-state index contributed by atoms with van der Waals surface area (Å²) in [6, 6.07) is 0.277. The zero-order chi connectivity index (χ0) is 11.9. The zero-order valence-electron chi connectivity index (χ0n) is 10.3. The van der Waals surface area contributed by atoms with Crippen LogP contribution in [0.25, 0.3) is 0 Å². The van der Waals surface area contributed by atoms with E-state index in [1.54, 1.807) is 14.0 Å². The Hall–Kier alpha value is -0.0500. The first kappa shape index (κ1) is 18.3. The van der Waals surface area contributed by atoms with Crippen LogP contribution in [0.4, 0.5) is 0 Å². The van der Waals surface area contributed by atoms with Gasteiger partial charge in [-0.25, -0.2) is 8.42 Å². The molecule has 0 aromatic carbocycles. The molecule has 0 aromatic rings. The Morgan fingerprint density at radius 2 is 1.94 bits per heavy atom. The minimum atomic E-state index is -2.90. The molecule has 5 nitrogen and oxygen atoms in total. The van der Waals surface area contributed by atoms with Crippen molar-refractivity contribution in [3.63, 3.8) is 0 Å². The molecule has 0 aliphatic heterocycles. The van der Waals surface area contributed by atoms with E-state index in [0.717, 1.165) is 0 Å². The number of hydrogen-bond acceptors (Lipinski definition) is 3. The van der Waals surface area contributed by atoms with E-state index < -0.39 is 9.84 Å². The number of rotatable bonds is 5. The minimum Gasteiger partial charge on any atom is -0.355 e. The standard InChI is InChI=1S/C9H21N3O2S.HI/c1-5-15(13,14)7-6-11-9(10-4)12-8(2)3;/h8H,5-7H2,1-4H3,(H2,10,11,12);1H. The zero-order valence-corrected chi connectivity index (χ0v) is 13.4. The molecule has 0 heterocycles. The molecule has 16 heavy (non-hydrogen) atoms. The van der Waals surface area contributed by atoms with Gasteiger partial charge in [0.1, 0.15) is 0 Å². The Morgan fingerprint density at radius 3 is 2.31 bits per heavy atom. The summed E-state index contributed by atoms with van der Waals surface area (Å²) in [5.74, 6) is 0.962. The molecule has 98 valence electrons. The molecule has 7 heteroatoms. The van der Waals surface area contributed by atoms with E-state index in [2.05, 4.69) is 15.6 Å². The van der Waals surface area contributed by atoms with Gasteiger partial charge in [-0.05, 0) is 13.8 Å². The summed E-state index contributed by atoms with van der Waals surface area (Å²) in [5.41, 5.74) is 0. The van der Waals surface area contributed by atoms with Crippen molar-refractivity contribution < 1.29 is 8.42 Å². The fourth-order valence-corrected chi connectivity index (χ4v) is 1.64. The highest BCUT2D eigenvalue weighted by molar-refractivity contribution is 14.0. The third-order valence-electron chi connectivity index (χ3n) is 1.79. The summed E-state index contributed by atoms with van der Waals surface area (Å²) in [6.45, 7) is 6.03. The van der Waals surface area contributed by atoms with Crippen molar-refractivity contribution >= 4 is 39.8 Å². The normalized spacial score (nSPS) is 12.2. The summed E-state index contributed by atoms with van der Waals surface area (Å²) in [7, 11) is -1.24. The van der Waals surface area contributed by atoms with Gasteiger partial charge in [0.05, 0.1) is 5.75 Å². The Morgan fingerprint density at radius 1 is 1.38 bits per heavy atom. The second kappa shape index (κ2) is 9.03. The fourth-order valence-electron chi connectivity index (χ4n) is 0.937. The lowest BCUT2D eigenvalue weighted by Crippen LogP contribution is -2.42. The molecule has 0 fully saturated rings. The van der Waals surface area contributed by atoms with Gasteiger partial charge < -0.3 is 10.6 Å². The smallest absolute Gasteiger partial charge is 0.191 e. The second-order valence-electron chi connectivity index (χ2n) is 3.53. The summed E-state index contributed by atoms with van der Waals surface area (Å²) < 4.78 is 22.4. The van der Waals surface area contributed by atoms with Crippen molar-refractivity contribution in [1.29, 1.82) is 0 Å².